The number of carbonyl (C=O) groups is 1. The Morgan fingerprint density at radius 3 is 2.71 bits per heavy atom. The molecule has 4 heteroatoms. The molecule has 1 aromatic carbocycles. The molecule has 0 saturated heterocycles. The summed E-state index contributed by atoms with van der Waals surface area (Å²) < 4.78 is 13.1. The Morgan fingerprint density at radius 1 is 1.41 bits per heavy atom. The molecule has 1 rings (SSSR count). The van der Waals surface area contributed by atoms with Gasteiger partial charge in [-0.25, -0.2) is 4.39 Å². The van der Waals surface area contributed by atoms with Gasteiger partial charge in [0.05, 0.1) is 0 Å². The first-order valence-corrected chi connectivity index (χ1v) is 5.85. The molecule has 1 aromatic rings. The van der Waals surface area contributed by atoms with E-state index in [-0.39, 0.29) is 11.7 Å². The molecule has 94 valence electrons. The van der Waals surface area contributed by atoms with Gasteiger partial charge < -0.3 is 10.6 Å². The van der Waals surface area contributed by atoms with Crippen molar-refractivity contribution in [2.75, 3.05) is 19.6 Å². The Kier molecular flexibility index (Phi) is 5.10. The third-order valence-electron chi connectivity index (χ3n) is 2.61. The quantitative estimate of drug-likeness (QED) is 0.852. The first kappa shape index (κ1) is 13.6. The van der Waals surface area contributed by atoms with Crippen LogP contribution in [-0.2, 0) is 0 Å². The van der Waals surface area contributed by atoms with Gasteiger partial charge in [0, 0.05) is 25.2 Å². The van der Waals surface area contributed by atoms with E-state index in [2.05, 4.69) is 0 Å². The van der Waals surface area contributed by atoms with Crippen LogP contribution < -0.4 is 5.73 Å². The topological polar surface area (TPSA) is 46.3 Å². The molecule has 1 amide bonds. The zero-order valence-electron chi connectivity index (χ0n) is 10.4. The van der Waals surface area contributed by atoms with Gasteiger partial charge in [-0.2, -0.15) is 0 Å². The number of hydrogen-bond acceptors (Lipinski definition) is 2. The lowest BCUT2D eigenvalue weighted by Crippen LogP contribution is -2.36. The number of carbonyl (C=O) groups excluding carboxylic acids is 1. The SMILES string of the molecule is CCCN(CCN)C(=O)c1cc(F)ccc1C. The fourth-order valence-corrected chi connectivity index (χ4v) is 1.74. The molecule has 2 N–H and O–H groups in total. The predicted octanol–water partition coefficient (Wildman–Crippen LogP) is 1.95. The van der Waals surface area contributed by atoms with Crippen LogP contribution in [0.1, 0.15) is 29.3 Å². The van der Waals surface area contributed by atoms with E-state index in [1.807, 2.05) is 6.92 Å². The molecule has 0 aliphatic carbocycles. The Hall–Kier alpha value is -1.42. The third kappa shape index (κ3) is 3.53. The van der Waals surface area contributed by atoms with Crippen molar-refractivity contribution in [3.05, 3.63) is 35.1 Å². The lowest BCUT2D eigenvalue weighted by atomic mass is 10.1. The van der Waals surface area contributed by atoms with Crippen LogP contribution in [0.15, 0.2) is 18.2 Å². The van der Waals surface area contributed by atoms with E-state index in [0.717, 1.165) is 12.0 Å². The van der Waals surface area contributed by atoms with Crippen LogP contribution in [-0.4, -0.2) is 30.4 Å². The number of halogens is 1. The highest BCUT2D eigenvalue weighted by Gasteiger charge is 2.16. The minimum atomic E-state index is -0.386. The highest BCUT2D eigenvalue weighted by atomic mass is 19.1. The number of rotatable bonds is 5. The molecule has 0 fully saturated rings. The molecule has 0 atom stereocenters. The van der Waals surface area contributed by atoms with Crippen LogP contribution in [0.4, 0.5) is 4.39 Å². The van der Waals surface area contributed by atoms with Crippen molar-refractivity contribution in [3.8, 4) is 0 Å². The van der Waals surface area contributed by atoms with Crippen LogP contribution >= 0.6 is 0 Å². The predicted molar refractivity (Wildman–Crippen MR) is 66.4 cm³/mol. The second-order valence-electron chi connectivity index (χ2n) is 4.04. The van der Waals surface area contributed by atoms with E-state index in [1.165, 1.54) is 12.1 Å². The van der Waals surface area contributed by atoms with Gasteiger partial charge in [0.1, 0.15) is 5.82 Å². The number of aryl methyl sites for hydroxylation is 1. The number of benzene rings is 1. The molecule has 0 saturated carbocycles. The van der Waals surface area contributed by atoms with Gasteiger partial charge >= 0.3 is 0 Å². The highest BCUT2D eigenvalue weighted by Crippen LogP contribution is 2.13. The molecule has 0 unspecified atom stereocenters. The molecule has 3 nitrogen and oxygen atoms in total. The van der Waals surface area contributed by atoms with Crippen LogP contribution in [0.5, 0.6) is 0 Å². The molecule has 0 aliphatic rings. The van der Waals surface area contributed by atoms with Crippen LogP contribution in [0.3, 0.4) is 0 Å². The third-order valence-corrected chi connectivity index (χ3v) is 2.61. The van der Waals surface area contributed by atoms with E-state index in [9.17, 15) is 9.18 Å². The second-order valence-corrected chi connectivity index (χ2v) is 4.04. The van der Waals surface area contributed by atoms with Crippen molar-refractivity contribution in [3.63, 3.8) is 0 Å². The molecular formula is C13H19FN2O. The first-order chi connectivity index (χ1) is 8.10. The van der Waals surface area contributed by atoms with E-state index in [0.29, 0.717) is 25.2 Å². The number of nitrogens with zero attached hydrogens (tertiary/aromatic N) is 1. The summed E-state index contributed by atoms with van der Waals surface area (Å²) >= 11 is 0. The van der Waals surface area contributed by atoms with E-state index >= 15 is 0 Å². The smallest absolute Gasteiger partial charge is 0.254 e. The lowest BCUT2D eigenvalue weighted by Gasteiger charge is -2.22. The van der Waals surface area contributed by atoms with Crippen LogP contribution in [0, 0.1) is 12.7 Å². The zero-order chi connectivity index (χ0) is 12.8. The van der Waals surface area contributed by atoms with E-state index in [1.54, 1.807) is 17.9 Å². The zero-order valence-corrected chi connectivity index (χ0v) is 10.4. The summed E-state index contributed by atoms with van der Waals surface area (Å²) in [7, 11) is 0. The fraction of sp³-hybridized carbons (Fsp3) is 0.462. The van der Waals surface area contributed by atoms with Crippen LogP contribution in [0.2, 0.25) is 0 Å². The minimum absolute atomic E-state index is 0.144. The Morgan fingerprint density at radius 2 is 2.12 bits per heavy atom. The maximum absolute atomic E-state index is 13.1. The number of nitrogens with two attached hydrogens (primary N) is 1. The fourth-order valence-electron chi connectivity index (χ4n) is 1.74. The summed E-state index contributed by atoms with van der Waals surface area (Å²) in [5.41, 5.74) is 6.69. The maximum atomic E-state index is 13.1. The highest BCUT2D eigenvalue weighted by molar-refractivity contribution is 5.95. The molecule has 0 spiro atoms. The Bertz CT molecular complexity index is 387. The summed E-state index contributed by atoms with van der Waals surface area (Å²) in [6.45, 7) is 5.36. The second kappa shape index (κ2) is 6.35. The Balaban J connectivity index is 2.95. The van der Waals surface area contributed by atoms with Gasteiger partial charge in [-0.15, -0.1) is 0 Å². The standard InChI is InChI=1S/C13H19FN2O/c1-3-7-16(8-6-15)13(17)12-9-11(14)5-4-10(12)2/h4-5,9H,3,6-8,15H2,1-2H3. The first-order valence-electron chi connectivity index (χ1n) is 5.85. The van der Waals surface area contributed by atoms with Gasteiger partial charge in [0.2, 0.25) is 0 Å². The molecule has 0 heterocycles. The van der Waals surface area contributed by atoms with Crippen molar-refractivity contribution in [2.24, 2.45) is 5.73 Å². The Labute approximate surface area is 101 Å². The molecule has 0 radical (unpaired) electrons. The summed E-state index contributed by atoms with van der Waals surface area (Å²) in [4.78, 5) is 13.9. The van der Waals surface area contributed by atoms with Gasteiger partial charge in [-0.1, -0.05) is 13.0 Å². The molecule has 0 aliphatic heterocycles. The van der Waals surface area contributed by atoms with Crippen molar-refractivity contribution >= 4 is 5.91 Å². The summed E-state index contributed by atoms with van der Waals surface area (Å²) in [6, 6.07) is 4.27. The molecule has 17 heavy (non-hydrogen) atoms. The van der Waals surface area contributed by atoms with E-state index < -0.39 is 0 Å². The lowest BCUT2D eigenvalue weighted by molar-refractivity contribution is 0.0759. The van der Waals surface area contributed by atoms with Crippen molar-refractivity contribution < 1.29 is 9.18 Å². The normalized spacial score (nSPS) is 10.4. The van der Waals surface area contributed by atoms with Gasteiger partial charge in [0.15, 0.2) is 0 Å². The van der Waals surface area contributed by atoms with Crippen LogP contribution in [0.25, 0.3) is 0 Å². The summed E-state index contributed by atoms with van der Waals surface area (Å²) in [5.74, 6) is -0.530. The minimum Gasteiger partial charge on any atom is -0.337 e. The monoisotopic (exact) mass is 238 g/mol. The van der Waals surface area contributed by atoms with Crippen molar-refractivity contribution in [2.45, 2.75) is 20.3 Å². The summed E-state index contributed by atoms with van der Waals surface area (Å²) in [5, 5.41) is 0. The average Bonchev–Trinajstić information content (AvgIpc) is 2.31. The van der Waals surface area contributed by atoms with Crippen molar-refractivity contribution in [1.29, 1.82) is 0 Å². The average molecular weight is 238 g/mol. The largest absolute Gasteiger partial charge is 0.337 e. The van der Waals surface area contributed by atoms with Gasteiger partial charge in [-0.3, -0.25) is 4.79 Å². The van der Waals surface area contributed by atoms with Gasteiger partial charge in [-0.05, 0) is 31.0 Å². The summed E-state index contributed by atoms with van der Waals surface area (Å²) in [6.07, 6.45) is 0.861. The van der Waals surface area contributed by atoms with E-state index in [4.69, 9.17) is 5.73 Å². The van der Waals surface area contributed by atoms with Crippen molar-refractivity contribution in [1.82, 2.24) is 4.90 Å². The number of hydrogen-bond donors (Lipinski definition) is 1. The maximum Gasteiger partial charge on any atom is 0.254 e. The van der Waals surface area contributed by atoms with Gasteiger partial charge in [0.25, 0.3) is 5.91 Å². The number of amides is 1. The molecule has 0 aromatic heterocycles. The molecule has 0 bridgehead atoms. The molecular weight excluding hydrogens is 219 g/mol.